The van der Waals surface area contributed by atoms with Gasteiger partial charge in [0.15, 0.2) is 0 Å². The minimum Gasteiger partial charge on any atom is -0.372 e. The topological polar surface area (TPSA) is 63.4 Å². The van der Waals surface area contributed by atoms with Crippen LogP contribution in [-0.2, 0) is 5.60 Å². The molecular formula is C14H9F4NO3. The monoisotopic (exact) mass is 315 g/mol. The maximum Gasteiger partial charge on any atom is 0.425 e. The molecule has 0 aliphatic rings. The van der Waals surface area contributed by atoms with Gasteiger partial charge in [0, 0.05) is 17.7 Å². The van der Waals surface area contributed by atoms with E-state index in [1.807, 2.05) is 0 Å². The van der Waals surface area contributed by atoms with Crippen LogP contribution in [0, 0.1) is 15.9 Å². The molecule has 0 aliphatic carbocycles. The first-order valence-corrected chi connectivity index (χ1v) is 5.97. The van der Waals surface area contributed by atoms with Gasteiger partial charge in [-0.2, -0.15) is 13.2 Å². The number of rotatable bonds is 3. The van der Waals surface area contributed by atoms with Crippen molar-refractivity contribution >= 4 is 5.69 Å². The predicted octanol–water partition coefficient (Wildman–Crippen LogP) is 3.53. The number of hydrogen-bond acceptors (Lipinski definition) is 3. The number of nitro groups is 1. The van der Waals surface area contributed by atoms with E-state index in [0.717, 1.165) is 42.5 Å². The SMILES string of the molecule is O=[N+]([O-])c1ccc(C(O)(c2ccccc2F)C(F)(F)F)cc1. The quantitative estimate of drug-likeness (QED) is 0.535. The fourth-order valence-corrected chi connectivity index (χ4v) is 2.05. The van der Waals surface area contributed by atoms with E-state index in [0.29, 0.717) is 0 Å². The summed E-state index contributed by atoms with van der Waals surface area (Å²) in [5.41, 5.74) is -5.73. The Hall–Kier alpha value is -2.48. The Bertz CT molecular complexity index is 700. The van der Waals surface area contributed by atoms with Crippen LogP contribution in [0.15, 0.2) is 48.5 Å². The van der Waals surface area contributed by atoms with Gasteiger partial charge in [0.1, 0.15) is 5.82 Å². The second-order valence-corrected chi connectivity index (χ2v) is 4.49. The summed E-state index contributed by atoms with van der Waals surface area (Å²) in [7, 11) is 0. The van der Waals surface area contributed by atoms with E-state index in [9.17, 15) is 32.8 Å². The Balaban J connectivity index is 2.66. The number of nitrogens with zero attached hydrogens (tertiary/aromatic N) is 1. The summed E-state index contributed by atoms with van der Waals surface area (Å²) in [4.78, 5) is 9.75. The molecule has 0 aliphatic heterocycles. The summed E-state index contributed by atoms with van der Waals surface area (Å²) in [6.45, 7) is 0. The second kappa shape index (κ2) is 5.38. The number of hydrogen-bond donors (Lipinski definition) is 1. The number of benzene rings is 2. The molecule has 0 bridgehead atoms. The molecule has 2 aromatic carbocycles. The zero-order chi connectivity index (χ0) is 16.5. The largest absolute Gasteiger partial charge is 0.425 e. The van der Waals surface area contributed by atoms with Crippen LogP contribution >= 0.6 is 0 Å². The van der Waals surface area contributed by atoms with E-state index in [1.165, 1.54) is 6.07 Å². The second-order valence-electron chi connectivity index (χ2n) is 4.49. The molecule has 0 aromatic heterocycles. The third kappa shape index (κ3) is 2.52. The smallest absolute Gasteiger partial charge is 0.372 e. The van der Waals surface area contributed by atoms with Crippen LogP contribution in [-0.4, -0.2) is 16.2 Å². The van der Waals surface area contributed by atoms with E-state index in [1.54, 1.807) is 0 Å². The molecule has 0 fully saturated rings. The van der Waals surface area contributed by atoms with Gasteiger partial charge in [0.05, 0.1) is 4.92 Å². The van der Waals surface area contributed by atoms with Crippen LogP contribution in [0.3, 0.4) is 0 Å². The molecule has 0 amide bonds. The van der Waals surface area contributed by atoms with E-state index in [2.05, 4.69) is 0 Å². The summed E-state index contributed by atoms with van der Waals surface area (Å²) in [6.07, 6.45) is -5.22. The van der Waals surface area contributed by atoms with Crippen molar-refractivity contribution < 1.29 is 27.6 Å². The zero-order valence-electron chi connectivity index (χ0n) is 10.8. The Morgan fingerprint density at radius 1 is 1.00 bits per heavy atom. The van der Waals surface area contributed by atoms with E-state index < -0.39 is 39.3 Å². The van der Waals surface area contributed by atoms with Gasteiger partial charge in [0.25, 0.3) is 5.69 Å². The first-order valence-electron chi connectivity index (χ1n) is 5.97. The molecule has 0 spiro atoms. The lowest BCUT2D eigenvalue weighted by molar-refractivity contribution is -0.384. The van der Waals surface area contributed by atoms with Crippen LogP contribution in [0.5, 0.6) is 0 Å². The third-order valence-corrected chi connectivity index (χ3v) is 3.17. The highest BCUT2D eigenvalue weighted by Crippen LogP contribution is 2.45. The summed E-state index contributed by atoms with van der Waals surface area (Å²) in [5, 5.41) is 20.7. The maximum absolute atomic E-state index is 13.7. The van der Waals surface area contributed by atoms with Crippen LogP contribution in [0.4, 0.5) is 23.2 Å². The van der Waals surface area contributed by atoms with Gasteiger partial charge in [-0.25, -0.2) is 4.39 Å². The number of nitro benzene ring substituents is 1. The van der Waals surface area contributed by atoms with Crippen molar-refractivity contribution in [1.29, 1.82) is 0 Å². The molecule has 1 N–H and O–H groups in total. The average Bonchev–Trinajstić information content (AvgIpc) is 2.46. The molecule has 4 nitrogen and oxygen atoms in total. The highest BCUT2D eigenvalue weighted by Gasteiger charge is 2.57. The van der Waals surface area contributed by atoms with Crippen molar-refractivity contribution in [2.75, 3.05) is 0 Å². The lowest BCUT2D eigenvalue weighted by Gasteiger charge is -2.31. The van der Waals surface area contributed by atoms with Crippen molar-refractivity contribution in [2.45, 2.75) is 11.8 Å². The fourth-order valence-electron chi connectivity index (χ4n) is 2.05. The minimum atomic E-state index is -5.22. The van der Waals surface area contributed by atoms with Gasteiger partial charge >= 0.3 is 6.18 Å². The van der Waals surface area contributed by atoms with Gasteiger partial charge < -0.3 is 5.11 Å². The third-order valence-electron chi connectivity index (χ3n) is 3.17. The molecule has 8 heteroatoms. The highest BCUT2D eigenvalue weighted by atomic mass is 19.4. The maximum atomic E-state index is 13.7. The van der Waals surface area contributed by atoms with E-state index in [-0.39, 0.29) is 0 Å². The minimum absolute atomic E-state index is 0.443. The van der Waals surface area contributed by atoms with Crippen LogP contribution in [0.25, 0.3) is 0 Å². The highest BCUT2D eigenvalue weighted by molar-refractivity contribution is 5.42. The van der Waals surface area contributed by atoms with Gasteiger partial charge in [-0.3, -0.25) is 10.1 Å². The summed E-state index contributed by atoms with van der Waals surface area (Å²) >= 11 is 0. The lowest BCUT2D eigenvalue weighted by Crippen LogP contribution is -2.44. The van der Waals surface area contributed by atoms with Crippen LogP contribution < -0.4 is 0 Å². The fraction of sp³-hybridized carbons (Fsp3) is 0.143. The summed E-state index contributed by atoms with van der Waals surface area (Å²) < 4.78 is 53.8. The molecule has 0 radical (unpaired) electrons. The van der Waals surface area contributed by atoms with Gasteiger partial charge in [-0.1, -0.05) is 18.2 Å². The summed E-state index contributed by atoms with van der Waals surface area (Å²) in [6, 6.07) is 7.06. The first-order chi connectivity index (χ1) is 10.2. The van der Waals surface area contributed by atoms with Crippen molar-refractivity contribution in [2.24, 2.45) is 0 Å². The number of aliphatic hydroxyl groups is 1. The standard InChI is InChI=1S/C14H9F4NO3/c15-12-4-2-1-3-11(12)13(20,14(16,17)18)9-5-7-10(8-6-9)19(21)22/h1-8,20H. The molecular weight excluding hydrogens is 306 g/mol. The lowest BCUT2D eigenvalue weighted by atomic mass is 9.85. The first kappa shape index (κ1) is 15.9. The van der Waals surface area contributed by atoms with Gasteiger partial charge in [-0.15, -0.1) is 0 Å². The van der Waals surface area contributed by atoms with Crippen molar-refractivity contribution in [3.05, 3.63) is 75.6 Å². The normalized spacial score (nSPS) is 14.4. The molecule has 1 atom stereocenters. The number of alkyl halides is 3. The molecule has 22 heavy (non-hydrogen) atoms. The Labute approximate surface area is 121 Å². The van der Waals surface area contributed by atoms with Crippen molar-refractivity contribution in [3.63, 3.8) is 0 Å². The Kier molecular flexibility index (Phi) is 3.89. The molecule has 1 unspecified atom stereocenters. The molecule has 2 rings (SSSR count). The molecule has 0 heterocycles. The van der Waals surface area contributed by atoms with Crippen LogP contribution in [0.1, 0.15) is 11.1 Å². The molecule has 2 aromatic rings. The van der Waals surface area contributed by atoms with E-state index >= 15 is 0 Å². The van der Waals surface area contributed by atoms with Crippen LogP contribution in [0.2, 0.25) is 0 Å². The Morgan fingerprint density at radius 3 is 2.00 bits per heavy atom. The van der Waals surface area contributed by atoms with Crippen molar-refractivity contribution in [1.82, 2.24) is 0 Å². The van der Waals surface area contributed by atoms with Crippen molar-refractivity contribution in [3.8, 4) is 0 Å². The average molecular weight is 315 g/mol. The van der Waals surface area contributed by atoms with Gasteiger partial charge in [0.2, 0.25) is 5.60 Å². The summed E-state index contributed by atoms with van der Waals surface area (Å²) in [5.74, 6) is -1.24. The molecule has 116 valence electrons. The molecule has 0 saturated carbocycles. The predicted molar refractivity (Wildman–Crippen MR) is 68.6 cm³/mol. The zero-order valence-corrected chi connectivity index (χ0v) is 10.8. The molecule has 0 saturated heterocycles. The van der Waals surface area contributed by atoms with Gasteiger partial charge in [-0.05, 0) is 23.8 Å². The Morgan fingerprint density at radius 2 is 1.55 bits per heavy atom. The number of non-ortho nitro benzene ring substituents is 1. The van der Waals surface area contributed by atoms with E-state index in [4.69, 9.17) is 0 Å². The number of halogens is 4.